The quantitative estimate of drug-likeness (QED) is 0.473. The minimum absolute atomic E-state index is 0.173. The van der Waals surface area contributed by atoms with Crippen LogP contribution in [-0.2, 0) is 4.79 Å². The first-order chi connectivity index (χ1) is 12.7. The highest BCUT2D eigenvalue weighted by Gasteiger charge is 2.29. The molecule has 152 valence electrons. The summed E-state index contributed by atoms with van der Waals surface area (Å²) in [7, 11) is 0. The van der Waals surface area contributed by atoms with Gasteiger partial charge in [0.05, 0.1) is 5.41 Å². The minimum Gasteiger partial charge on any atom is -0.481 e. The molecule has 1 unspecified atom stereocenters. The van der Waals surface area contributed by atoms with Gasteiger partial charge in [0.15, 0.2) is 0 Å². The Hall–Kier alpha value is -2.08. The summed E-state index contributed by atoms with van der Waals surface area (Å²) >= 11 is 0. The third kappa shape index (κ3) is 7.21. The van der Waals surface area contributed by atoms with E-state index in [0.29, 0.717) is 19.5 Å². The lowest BCUT2D eigenvalue weighted by atomic mass is 9.89. The van der Waals surface area contributed by atoms with Crippen LogP contribution in [0.4, 0.5) is 4.79 Å². The number of carbonyl (C=O) groups excluding carboxylic acids is 1. The van der Waals surface area contributed by atoms with Crippen LogP contribution in [0.3, 0.4) is 0 Å². The van der Waals surface area contributed by atoms with Crippen LogP contribution in [0.25, 0.3) is 0 Å². The van der Waals surface area contributed by atoms with Gasteiger partial charge in [-0.15, -0.1) is 0 Å². The molecule has 0 saturated heterocycles. The number of hydrogen-bond donors (Lipinski definition) is 4. The number of aliphatic carboxylic acids is 1. The van der Waals surface area contributed by atoms with E-state index in [1.165, 1.54) is 5.56 Å². The zero-order valence-electron chi connectivity index (χ0n) is 17.3. The molecule has 0 aliphatic carbocycles. The lowest BCUT2D eigenvalue weighted by Crippen LogP contribution is -2.55. The van der Waals surface area contributed by atoms with E-state index in [0.717, 1.165) is 12.8 Å². The van der Waals surface area contributed by atoms with Crippen LogP contribution in [-0.4, -0.2) is 35.7 Å². The fourth-order valence-corrected chi connectivity index (χ4v) is 2.95. The number of carboxylic acid groups (broad SMARTS) is 1. The molecule has 0 aliphatic heterocycles. The van der Waals surface area contributed by atoms with Gasteiger partial charge in [0, 0.05) is 24.7 Å². The molecule has 4 N–H and O–H groups in total. The van der Waals surface area contributed by atoms with Crippen molar-refractivity contribution in [2.75, 3.05) is 13.1 Å². The number of rotatable bonds is 11. The molecule has 1 rings (SSSR count). The van der Waals surface area contributed by atoms with Crippen molar-refractivity contribution < 1.29 is 14.7 Å². The van der Waals surface area contributed by atoms with Crippen LogP contribution in [0.1, 0.15) is 65.5 Å². The molecule has 2 amide bonds. The minimum atomic E-state index is -0.861. The Morgan fingerprint density at radius 2 is 1.67 bits per heavy atom. The van der Waals surface area contributed by atoms with E-state index in [4.69, 9.17) is 5.11 Å². The van der Waals surface area contributed by atoms with Crippen LogP contribution in [0.2, 0.25) is 0 Å². The van der Waals surface area contributed by atoms with Crippen LogP contribution < -0.4 is 16.0 Å². The first-order valence-electron chi connectivity index (χ1n) is 9.73. The highest BCUT2D eigenvalue weighted by atomic mass is 16.4. The fraction of sp³-hybridized carbons (Fsp3) is 0.619. The SMILES string of the molecule is CCC(CC)(CNC(=O)NCCC(C)(C)C(=O)O)NC(C)c1ccccc1. The van der Waals surface area contributed by atoms with Gasteiger partial charge < -0.3 is 21.1 Å². The number of amides is 2. The molecule has 6 nitrogen and oxygen atoms in total. The van der Waals surface area contributed by atoms with Crippen molar-refractivity contribution >= 4 is 12.0 Å². The average Bonchev–Trinajstić information content (AvgIpc) is 2.65. The summed E-state index contributed by atoms with van der Waals surface area (Å²) in [6.07, 6.45) is 2.14. The first kappa shape index (κ1) is 23.0. The van der Waals surface area contributed by atoms with Crippen molar-refractivity contribution in [1.82, 2.24) is 16.0 Å². The van der Waals surface area contributed by atoms with Gasteiger partial charge in [-0.1, -0.05) is 44.2 Å². The number of hydrogen-bond acceptors (Lipinski definition) is 3. The lowest BCUT2D eigenvalue weighted by molar-refractivity contribution is -0.147. The van der Waals surface area contributed by atoms with Crippen LogP contribution >= 0.6 is 0 Å². The summed E-state index contributed by atoms with van der Waals surface area (Å²) in [5, 5.41) is 18.5. The van der Waals surface area contributed by atoms with E-state index in [1.54, 1.807) is 13.8 Å². The van der Waals surface area contributed by atoms with Gasteiger partial charge >= 0.3 is 12.0 Å². The average molecular weight is 378 g/mol. The second-order valence-corrected chi connectivity index (χ2v) is 7.81. The predicted octanol–water partition coefficient (Wildman–Crippen LogP) is 3.70. The molecule has 1 aromatic carbocycles. The summed E-state index contributed by atoms with van der Waals surface area (Å²) in [6.45, 7) is 10.5. The van der Waals surface area contributed by atoms with Crippen molar-refractivity contribution in [2.45, 2.75) is 65.5 Å². The summed E-state index contributed by atoms with van der Waals surface area (Å²) in [5.41, 5.74) is 0.160. The molecule has 27 heavy (non-hydrogen) atoms. The zero-order chi connectivity index (χ0) is 20.5. The van der Waals surface area contributed by atoms with E-state index < -0.39 is 11.4 Å². The molecule has 0 bridgehead atoms. The molecule has 0 radical (unpaired) electrons. The normalized spacial score (nSPS) is 13.1. The Balaban J connectivity index is 2.56. The van der Waals surface area contributed by atoms with Crippen LogP contribution in [0.15, 0.2) is 30.3 Å². The Labute approximate surface area is 163 Å². The third-order valence-electron chi connectivity index (χ3n) is 5.38. The fourth-order valence-electron chi connectivity index (χ4n) is 2.95. The highest BCUT2D eigenvalue weighted by molar-refractivity contribution is 5.75. The van der Waals surface area contributed by atoms with E-state index in [-0.39, 0.29) is 17.6 Å². The van der Waals surface area contributed by atoms with E-state index in [2.05, 4.69) is 48.9 Å². The maximum absolute atomic E-state index is 12.1. The number of benzene rings is 1. The van der Waals surface area contributed by atoms with Gasteiger partial charge in [-0.2, -0.15) is 0 Å². The standard InChI is InChI=1S/C21H35N3O3/c1-6-21(7-2,24-16(3)17-11-9-8-10-12-17)15-23-19(27)22-14-13-20(4,5)18(25)26/h8-12,16,24H,6-7,13-15H2,1-5H3,(H,25,26)(H2,22,23,27). The van der Waals surface area contributed by atoms with Crippen molar-refractivity contribution in [2.24, 2.45) is 5.41 Å². The van der Waals surface area contributed by atoms with E-state index >= 15 is 0 Å². The molecular formula is C21H35N3O3. The highest BCUT2D eigenvalue weighted by Crippen LogP contribution is 2.22. The second kappa shape index (κ2) is 10.3. The molecular weight excluding hydrogens is 342 g/mol. The Morgan fingerprint density at radius 1 is 1.07 bits per heavy atom. The van der Waals surface area contributed by atoms with Crippen LogP contribution in [0, 0.1) is 5.41 Å². The van der Waals surface area contributed by atoms with E-state index in [1.807, 2.05) is 18.2 Å². The Morgan fingerprint density at radius 3 is 2.19 bits per heavy atom. The van der Waals surface area contributed by atoms with Gasteiger partial charge in [0.25, 0.3) is 0 Å². The largest absolute Gasteiger partial charge is 0.481 e. The molecule has 0 aromatic heterocycles. The zero-order valence-corrected chi connectivity index (χ0v) is 17.3. The predicted molar refractivity (Wildman–Crippen MR) is 109 cm³/mol. The molecule has 1 aromatic rings. The lowest BCUT2D eigenvalue weighted by Gasteiger charge is -2.36. The summed E-state index contributed by atoms with van der Waals surface area (Å²) < 4.78 is 0. The number of carboxylic acids is 1. The molecule has 1 atom stereocenters. The van der Waals surface area contributed by atoms with Crippen molar-refractivity contribution in [3.05, 3.63) is 35.9 Å². The van der Waals surface area contributed by atoms with Gasteiger partial charge in [0.1, 0.15) is 0 Å². The summed E-state index contributed by atoms with van der Waals surface area (Å²) in [5.74, 6) is -0.861. The molecule has 0 spiro atoms. The second-order valence-electron chi connectivity index (χ2n) is 7.81. The van der Waals surface area contributed by atoms with Gasteiger partial charge in [-0.05, 0) is 45.6 Å². The van der Waals surface area contributed by atoms with Crippen molar-refractivity contribution in [1.29, 1.82) is 0 Å². The molecule has 0 fully saturated rings. The number of carbonyl (C=O) groups is 2. The number of urea groups is 1. The Kier molecular flexibility index (Phi) is 8.76. The molecule has 0 aliphatic rings. The number of nitrogens with one attached hydrogen (secondary N) is 3. The third-order valence-corrected chi connectivity index (χ3v) is 5.38. The topological polar surface area (TPSA) is 90.5 Å². The maximum atomic E-state index is 12.1. The van der Waals surface area contributed by atoms with E-state index in [9.17, 15) is 9.59 Å². The van der Waals surface area contributed by atoms with Gasteiger partial charge in [0.2, 0.25) is 0 Å². The maximum Gasteiger partial charge on any atom is 0.314 e. The summed E-state index contributed by atoms with van der Waals surface area (Å²) in [4.78, 5) is 23.3. The monoisotopic (exact) mass is 377 g/mol. The van der Waals surface area contributed by atoms with Crippen LogP contribution in [0.5, 0.6) is 0 Å². The molecule has 0 heterocycles. The van der Waals surface area contributed by atoms with Crippen molar-refractivity contribution in [3.8, 4) is 0 Å². The summed E-state index contributed by atoms with van der Waals surface area (Å²) in [6, 6.07) is 10.1. The van der Waals surface area contributed by atoms with Gasteiger partial charge in [-0.25, -0.2) is 4.79 Å². The van der Waals surface area contributed by atoms with Crippen molar-refractivity contribution in [3.63, 3.8) is 0 Å². The Bertz CT molecular complexity index is 598. The smallest absolute Gasteiger partial charge is 0.314 e. The molecule has 6 heteroatoms. The molecule has 0 saturated carbocycles. The van der Waals surface area contributed by atoms with Gasteiger partial charge in [-0.3, -0.25) is 4.79 Å². The first-order valence-corrected chi connectivity index (χ1v) is 9.73.